The van der Waals surface area contributed by atoms with Crippen LogP contribution >= 0.6 is 0 Å². The molecule has 4 heteroatoms. The van der Waals surface area contributed by atoms with Gasteiger partial charge in [-0.05, 0) is 116 Å². The lowest BCUT2D eigenvalue weighted by Gasteiger charge is -2.48. The second-order valence-corrected chi connectivity index (χ2v) is 12.8. The minimum atomic E-state index is -0.473. The van der Waals surface area contributed by atoms with E-state index < -0.39 is 5.60 Å². The van der Waals surface area contributed by atoms with Gasteiger partial charge in [0.05, 0.1) is 23.7 Å². The molecule has 0 aliphatic heterocycles. The molecule has 1 saturated carbocycles. The molecular weight excluding hydrogens is 400 g/mol. The number of carbonyl (C=O) groups excluding carboxylic acids is 1. The largest absolute Gasteiger partial charge is 0.459 e. The van der Waals surface area contributed by atoms with Crippen molar-refractivity contribution in [2.24, 2.45) is 17.3 Å². The normalized spacial score (nSPS) is 35.4. The van der Waals surface area contributed by atoms with Crippen LogP contribution in [0.25, 0.3) is 0 Å². The summed E-state index contributed by atoms with van der Waals surface area (Å²) in [5, 5.41) is 0. The van der Waals surface area contributed by atoms with Crippen LogP contribution in [-0.2, 0) is 19.0 Å². The van der Waals surface area contributed by atoms with E-state index in [1.165, 1.54) is 16.7 Å². The first-order valence-electron chi connectivity index (χ1n) is 12.7. The fourth-order valence-electron chi connectivity index (χ4n) is 6.89. The third-order valence-electron chi connectivity index (χ3n) is 8.21. The Bertz CT molecular complexity index is 821. The molecule has 32 heavy (non-hydrogen) atoms. The van der Waals surface area contributed by atoms with Crippen LogP contribution in [0.15, 0.2) is 22.3 Å². The van der Waals surface area contributed by atoms with E-state index in [0.717, 1.165) is 51.4 Å². The molecule has 0 bridgehead atoms. The summed E-state index contributed by atoms with van der Waals surface area (Å²) in [6.45, 7) is 14.8. The van der Waals surface area contributed by atoms with Gasteiger partial charge in [-0.3, -0.25) is 4.79 Å². The number of methoxy groups -OCH3 is 1. The van der Waals surface area contributed by atoms with Crippen LogP contribution in [0.3, 0.4) is 0 Å². The van der Waals surface area contributed by atoms with Gasteiger partial charge in [-0.15, -0.1) is 0 Å². The Hall–Kier alpha value is -1.13. The molecule has 1 fully saturated rings. The molecule has 0 radical (unpaired) electrons. The lowest BCUT2D eigenvalue weighted by Crippen LogP contribution is -2.45. The summed E-state index contributed by atoms with van der Waals surface area (Å²) in [6.07, 6.45) is 8.85. The van der Waals surface area contributed by atoms with Crippen molar-refractivity contribution < 1.29 is 19.0 Å². The van der Waals surface area contributed by atoms with Crippen LogP contribution in [0.4, 0.5) is 0 Å². The average Bonchev–Trinajstić information content (AvgIpc) is 3.00. The highest BCUT2D eigenvalue weighted by Crippen LogP contribution is 2.61. The second-order valence-electron chi connectivity index (χ2n) is 12.8. The number of rotatable bonds is 3. The Labute approximate surface area is 195 Å². The predicted molar refractivity (Wildman–Crippen MR) is 127 cm³/mol. The Morgan fingerprint density at radius 2 is 1.66 bits per heavy atom. The molecular formula is C28H44O4. The van der Waals surface area contributed by atoms with Crippen LogP contribution in [0, 0.1) is 17.3 Å². The van der Waals surface area contributed by atoms with Gasteiger partial charge in [0.25, 0.3) is 0 Å². The first-order valence-corrected chi connectivity index (χ1v) is 12.7. The van der Waals surface area contributed by atoms with Crippen molar-refractivity contribution in [1.82, 2.24) is 0 Å². The van der Waals surface area contributed by atoms with Gasteiger partial charge in [0.1, 0.15) is 5.60 Å². The number of allylic oxidation sites excluding steroid dienone is 2. The summed E-state index contributed by atoms with van der Waals surface area (Å²) in [5.41, 5.74) is 5.37. The Morgan fingerprint density at radius 3 is 2.28 bits per heavy atom. The highest BCUT2D eigenvalue weighted by atomic mass is 16.6. The van der Waals surface area contributed by atoms with Crippen molar-refractivity contribution in [3.8, 4) is 0 Å². The molecule has 4 rings (SSSR count). The number of hydrogen-bond acceptors (Lipinski definition) is 4. The van der Waals surface area contributed by atoms with Gasteiger partial charge >= 0.3 is 5.97 Å². The first-order chi connectivity index (χ1) is 14.8. The Morgan fingerprint density at radius 1 is 0.938 bits per heavy atom. The monoisotopic (exact) mass is 444 g/mol. The molecule has 0 N–H and O–H groups in total. The van der Waals surface area contributed by atoms with Crippen LogP contribution in [0.1, 0.15) is 99.8 Å². The zero-order valence-electron chi connectivity index (χ0n) is 21.6. The number of esters is 1. The Kier molecular flexibility index (Phi) is 6.20. The molecule has 5 atom stereocenters. The maximum absolute atomic E-state index is 13.6. The van der Waals surface area contributed by atoms with Crippen LogP contribution in [0.2, 0.25) is 0 Å². The van der Waals surface area contributed by atoms with Crippen molar-refractivity contribution in [3.63, 3.8) is 0 Å². The molecule has 0 saturated heterocycles. The van der Waals surface area contributed by atoms with Crippen molar-refractivity contribution >= 4 is 5.97 Å². The fourth-order valence-corrected chi connectivity index (χ4v) is 6.89. The molecule has 0 amide bonds. The highest BCUT2D eigenvalue weighted by Gasteiger charge is 2.55. The molecule has 0 spiro atoms. The molecule has 0 aromatic carbocycles. The van der Waals surface area contributed by atoms with E-state index in [-0.39, 0.29) is 35.1 Å². The van der Waals surface area contributed by atoms with Crippen molar-refractivity contribution in [2.75, 3.05) is 7.11 Å². The van der Waals surface area contributed by atoms with Gasteiger partial charge in [0, 0.05) is 12.5 Å². The van der Waals surface area contributed by atoms with Gasteiger partial charge in [0.2, 0.25) is 0 Å². The standard InChI is InChI=1S/C28H44O4/c1-26(2,3)31-23-12-11-22-24-20(13-14-28(22,23)7)19-10-9-18(30-8)15-17(19)16-21(24)25(29)32-27(4,5)6/h18,21-23H,9-16H2,1-8H3/t18?,21-,22-,23+,28+/m1/s1. The molecule has 0 aromatic heterocycles. The summed E-state index contributed by atoms with van der Waals surface area (Å²) < 4.78 is 18.3. The van der Waals surface area contributed by atoms with E-state index in [2.05, 4.69) is 27.7 Å². The van der Waals surface area contributed by atoms with Gasteiger partial charge < -0.3 is 14.2 Å². The summed E-state index contributed by atoms with van der Waals surface area (Å²) in [7, 11) is 1.81. The molecule has 1 unspecified atom stereocenters. The van der Waals surface area contributed by atoms with Crippen molar-refractivity contribution in [1.29, 1.82) is 0 Å². The summed E-state index contributed by atoms with van der Waals surface area (Å²) in [6, 6.07) is 0. The maximum Gasteiger partial charge on any atom is 0.313 e. The maximum atomic E-state index is 13.6. The lowest BCUT2D eigenvalue weighted by atomic mass is 9.58. The molecule has 4 aliphatic rings. The molecule has 180 valence electrons. The smallest absolute Gasteiger partial charge is 0.313 e. The van der Waals surface area contributed by atoms with Gasteiger partial charge in [0.15, 0.2) is 0 Å². The summed E-state index contributed by atoms with van der Waals surface area (Å²) >= 11 is 0. The second kappa shape index (κ2) is 8.27. The zero-order valence-corrected chi connectivity index (χ0v) is 21.6. The summed E-state index contributed by atoms with van der Waals surface area (Å²) in [4.78, 5) is 13.6. The summed E-state index contributed by atoms with van der Waals surface area (Å²) in [5.74, 6) is 0.211. The minimum absolute atomic E-state index is 0.0412. The van der Waals surface area contributed by atoms with E-state index in [9.17, 15) is 4.79 Å². The van der Waals surface area contributed by atoms with E-state index in [0.29, 0.717) is 5.92 Å². The number of fused-ring (bicyclic) bond motifs is 3. The first kappa shape index (κ1) is 24.0. The van der Waals surface area contributed by atoms with Gasteiger partial charge in [-0.25, -0.2) is 0 Å². The number of hydrogen-bond donors (Lipinski definition) is 0. The number of carbonyl (C=O) groups is 1. The molecule has 0 heterocycles. The topological polar surface area (TPSA) is 44.8 Å². The van der Waals surface area contributed by atoms with Crippen LogP contribution in [0.5, 0.6) is 0 Å². The molecule has 4 aliphatic carbocycles. The van der Waals surface area contributed by atoms with Gasteiger partial charge in [-0.1, -0.05) is 12.5 Å². The van der Waals surface area contributed by atoms with Crippen molar-refractivity contribution in [2.45, 2.75) is 123 Å². The number of ether oxygens (including phenoxy) is 3. The third kappa shape index (κ3) is 4.46. The molecule has 0 aromatic rings. The highest BCUT2D eigenvalue weighted by molar-refractivity contribution is 5.79. The Balaban J connectivity index is 1.74. The van der Waals surface area contributed by atoms with E-state index in [4.69, 9.17) is 14.2 Å². The van der Waals surface area contributed by atoms with Gasteiger partial charge in [-0.2, -0.15) is 0 Å². The average molecular weight is 445 g/mol. The third-order valence-corrected chi connectivity index (χ3v) is 8.21. The quantitative estimate of drug-likeness (QED) is 0.464. The van der Waals surface area contributed by atoms with E-state index in [1.807, 2.05) is 27.9 Å². The van der Waals surface area contributed by atoms with Crippen molar-refractivity contribution in [3.05, 3.63) is 22.3 Å². The zero-order chi connectivity index (χ0) is 23.5. The van der Waals surface area contributed by atoms with Crippen LogP contribution < -0.4 is 0 Å². The van der Waals surface area contributed by atoms with E-state index >= 15 is 0 Å². The predicted octanol–water partition coefficient (Wildman–Crippen LogP) is 6.53. The lowest BCUT2D eigenvalue weighted by molar-refractivity contribution is -0.159. The minimum Gasteiger partial charge on any atom is -0.459 e. The van der Waals surface area contributed by atoms with Crippen LogP contribution in [-0.4, -0.2) is 36.5 Å². The molecule has 4 nitrogen and oxygen atoms in total. The van der Waals surface area contributed by atoms with E-state index in [1.54, 1.807) is 5.57 Å². The fraction of sp³-hybridized carbons (Fsp3) is 0.821. The SMILES string of the molecule is COC1CCC2=C(C1)C[C@@H](C(=O)OC(C)(C)C)C1=C2CC[C@]2(C)[C@@H](OC(C)(C)C)CC[C@H]12.